The maximum absolute atomic E-state index is 11.4. The van der Waals surface area contributed by atoms with Gasteiger partial charge < -0.3 is 10.6 Å². The van der Waals surface area contributed by atoms with Crippen molar-refractivity contribution in [2.75, 3.05) is 19.6 Å². The van der Waals surface area contributed by atoms with Gasteiger partial charge in [-0.2, -0.15) is 0 Å². The van der Waals surface area contributed by atoms with Gasteiger partial charge in [0.15, 0.2) is 0 Å². The van der Waals surface area contributed by atoms with E-state index in [1.54, 1.807) is 0 Å². The topological polar surface area (TPSA) is 46.3 Å². The van der Waals surface area contributed by atoms with Gasteiger partial charge in [-0.1, -0.05) is 6.92 Å². The van der Waals surface area contributed by atoms with Gasteiger partial charge in [0.25, 0.3) is 0 Å². The quantitative estimate of drug-likeness (QED) is 0.703. The van der Waals surface area contributed by atoms with Crippen LogP contribution in [-0.2, 0) is 4.79 Å². The predicted molar refractivity (Wildman–Crippen MR) is 53.2 cm³/mol. The molecule has 3 heteroatoms. The van der Waals surface area contributed by atoms with Gasteiger partial charge in [0, 0.05) is 19.5 Å². The SMILES string of the molecule is CCN1CC(C(C)CCN)CC1=O. The summed E-state index contributed by atoms with van der Waals surface area (Å²) in [4.78, 5) is 13.4. The lowest BCUT2D eigenvalue weighted by Crippen LogP contribution is -2.25. The maximum Gasteiger partial charge on any atom is 0.222 e. The van der Waals surface area contributed by atoms with Gasteiger partial charge in [-0.05, 0) is 31.7 Å². The Balaban J connectivity index is 2.43. The summed E-state index contributed by atoms with van der Waals surface area (Å²) >= 11 is 0. The van der Waals surface area contributed by atoms with Crippen LogP contribution in [0.4, 0.5) is 0 Å². The molecule has 0 saturated carbocycles. The van der Waals surface area contributed by atoms with E-state index in [0.717, 1.165) is 32.5 Å². The fraction of sp³-hybridized carbons (Fsp3) is 0.900. The van der Waals surface area contributed by atoms with Crippen LogP contribution in [0.15, 0.2) is 0 Å². The molecule has 0 spiro atoms. The summed E-state index contributed by atoms with van der Waals surface area (Å²) in [6, 6.07) is 0. The van der Waals surface area contributed by atoms with Crippen molar-refractivity contribution >= 4 is 5.91 Å². The van der Waals surface area contributed by atoms with Crippen molar-refractivity contribution in [2.24, 2.45) is 17.6 Å². The monoisotopic (exact) mass is 184 g/mol. The van der Waals surface area contributed by atoms with E-state index >= 15 is 0 Å². The number of carbonyl (C=O) groups is 1. The van der Waals surface area contributed by atoms with E-state index in [2.05, 4.69) is 6.92 Å². The van der Waals surface area contributed by atoms with Crippen LogP contribution in [0.2, 0.25) is 0 Å². The summed E-state index contributed by atoms with van der Waals surface area (Å²) < 4.78 is 0. The van der Waals surface area contributed by atoms with Crippen molar-refractivity contribution in [3.8, 4) is 0 Å². The zero-order valence-electron chi connectivity index (χ0n) is 8.62. The van der Waals surface area contributed by atoms with Crippen molar-refractivity contribution in [3.05, 3.63) is 0 Å². The average Bonchev–Trinajstić information content (AvgIpc) is 2.47. The predicted octanol–water partition coefficient (Wildman–Crippen LogP) is 0.840. The largest absolute Gasteiger partial charge is 0.343 e. The maximum atomic E-state index is 11.4. The highest BCUT2D eigenvalue weighted by Crippen LogP contribution is 2.26. The van der Waals surface area contributed by atoms with Crippen molar-refractivity contribution in [3.63, 3.8) is 0 Å². The second-order valence-electron chi connectivity index (χ2n) is 3.95. The number of amides is 1. The highest BCUT2D eigenvalue weighted by atomic mass is 16.2. The summed E-state index contributed by atoms with van der Waals surface area (Å²) in [7, 11) is 0. The molecule has 1 amide bonds. The lowest BCUT2D eigenvalue weighted by Gasteiger charge is -2.18. The molecule has 1 rings (SSSR count). The molecule has 1 aliphatic rings. The molecule has 1 fully saturated rings. The molecule has 1 heterocycles. The molecule has 0 aromatic rings. The molecule has 3 nitrogen and oxygen atoms in total. The van der Waals surface area contributed by atoms with Crippen LogP contribution in [0, 0.1) is 11.8 Å². The highest BCUT2D eigenvalue weighted by Gasteiger charge is 2.31. The van der Waals surface area contributed by atoms with Crippen molar-refractivity contribution in [1.82, 2.24) is 4.90 Å². The molecule has 0 aromatic carbocycles. The fourth-order valence-corrected chi connectivity index (χ4v) is 1.99. The molecular formula is C10H20N2O. The van der Waals surface area contributed by atoms with Crippen LogP contribution in [0.5, 0.6) is 0 Å². The number of hydrogen-bond acceptors (Lipinski definition) is 2. The molecule has 2 N–H and O–H groups in total. The average molecular weight is 184 g/mol. The summed E-state index contributed by atoms with van der Waals surface area (Å²) in [6.45, 7) is 6.76. The van der Waals surface area contributed by atoms with Crippen LogP contribution >= 0.6 is 0 Å². The number of nitrogens with two attached hydrogens (primary N) is 1. The highest BCUT2D eigenvalue weighted by molar-refractivity contribution is 5.78. The Bertz CT molecular complexity index is 182. The second kappa shape index (κ2) is 4.61. The van der Waals surface area contributed by atoms with Crippen LogP contribution in [0.25, 0.3) is 0 Å². The molecule has 76 valence electrons. The first-order valence-electron chi connectivity index (χ1n) is 5.16. The zero-order chi connectivity index (χ0) is 9.84. The van der Waals surface area contributed by atoms with Gasteiger partial charge in [-0.25, -0.2) is 0 Å². The van der Waals surface area contributed by atoms with E-state index in [9.17, 15) is 4.79 Å². The number of likely N-dealkylation sites (tertiary alicyclic amines) is 1. The van der Waals surface area contributed by atoms with Gasteiger partial charge in [-0.15, -0.1) is 0 Å². The van der Waals surface area contributed by atoms with Gasteiger partial charge in [0.1, 0.15) is 0 Å². The molecule has 2 unspecified atom stereocenters. The lowest BCUT2D eigenvalue weighted by atomic mass is 9.90. The Morgan fingerprint density at radius 1 is 1.69 bits per heavy atom. The molecule has 0 aromatic heterocycles. The van der Waals surface area contributed by atoms with Crippen molar-refractivity contribution in [1.29, 1.82) is 0 Å². The van der Waals surface area contributed by atoms with Crippen LogP contribution < -0.4 is 5.73 Å². The molecule has 1 saturated heterocycles. The molecular weight excluding hydrogens is 164 g/mol. The Kier molecular flexibility index (Phi) is 3.72. The first kappa shape index (κ1) is 10.5. The number of nitrogens with zero attached hydrogens (tertiary/aromatic N) is 1. The van der Waals surface area contributed by atoms with E-state index in [1.165, 1.54) is 0 Å². The molecule has 1 aliphatic heterocycles. The van der Waals surface area contributed by atoms with Crippen molar-refractivity contribution in [2.45, 2.75) is 26.7 Å². The van der Waals surface area contributed by atoms with Crippen LogP contribution in [0.1, 0.15) is 26.7 Å². The summed E-state index contributed by atoms with van der Waals surface area (Å²) in [5, 5.41) is 0. The smallest absolute Gasteiger partial charge is 0.222 e. The minimum atomic E-state index is 0.316. The molecule has 0 aliphatic carbocycles. The Morgan fingerprint density at radius 2 is 2.38 bits per heavy atom. The number of rotatable bonds is 4. The van der Waals surface area contributed by atoms with Gasteiger partial charge in [0.05, 0.1) is 0 Å². The van der Waals surface area contributed by atoms with Crippen LogP contribution in [-0.4, -0.2) is 30.4 Å². The Morgan fingerprint density at radius 3 is 2.85 bits per heavy atom. The fourth-order valence-electron chi connectivity index (χ4n) is 1.99. The first-order valence-corrected chi connectivity index (χ1v) is 5.16. The third kappa shape index (κ3) is 2.44. The minimum Gasteiger partial charge on any atom is -0.343 e. The Labute approximate surface area is 80.3 Å². The third-order valence-electron chi connectivity index (χ3n) is 3.05. The third-order valence-corrected chi connectivity index (χ3v) is 3.05. The number of hydrogen-bond donors (Lipinski definition) is 1. The Hall–Kier alpha value is -0.570. The number of carbonyl (C=O) groups excluding carboxylic acids is 1. The standard InChI is InChI=1S/C10H20N2O/c1-3-12-7-9(6-10(12)13)8(2)4-5-11/h8-9H,3-7,11H2,1-2H3. The van der Waals surface area contributed by atoms with E-state index in [-0.39, 0.29) is 0 Å². The van der Waals surface area contributed by atoms with Gasteiger partial charge in [-0.3, -0.25) is 4.79 Å². The molecule has 0 radical (unpaired) electrons. The van der Waals surface area contributed by atoms with Gasteiger partial charge in [0.2, 0.25) is 5.91 Å². The molecule has 2 atom stereocenters. The van der Waals surface area contributed by atoms with E-state index < -0.39 is 0 Å². The van der Waals surface area contributed by atoms with Crippen LogP contribution in [0.3, 0.4) is 0 Å². The van der Waals surface area contributed by atoms with E-state index in [1.807, 2.05) is 11.8 Å². The summed E-state index contributed by atoms with van der Waals surface area (Å²) in [5.41, 5.74) is 5.50. The lowest BCUT2D eigenvalue weighted by molar-refractivity contribution is -0.127. The first-order chi connectivity index (χ1) is 6.19. The minimum absolute atomic E-state index is 0.316. The summed E-state index contributed by atoms with van der Waals surface area (Å²) in [5.74, 6) is 1.44. The summed E-state index contributed by atoms with van der Waals surface area (Å²) in [6.07, 6.45) is 1.77. The normalized spacial score (nSPS) is 25.3. The molecule has 13 heavy (non-hydrogen) atoms. The van der Waals surface area contributed by atoms with Crippen molar-refractivity contribution < 1.29 is 4.79 Å². The van der Waals surface area contributed by atoms with E-state index in [4.69, 9.17) is 5.73 Å². The molecule has 0 bridgehead atoms. The second-order valence-corrected chi connectivity index (χ2v) is 3.95. The van der Waals surface area contributed by atoms with E-state index in [0.29, 0.717) is 17.7 Å². The zero-order valence-corrected chi connectivity index (χ0v) is 8.62. The van der Waals surface area contributed by atoms with Gasteiger partial charge >= 0.3 is 0 Å².